The average molecular weight is 438 g/mol. The number of amides is 2. The Morgan fingerprint density at radius 1 is 1.00 bits per heavy atom. The summed E-state index contributed by atoms with van der Waals surface area (Å²) in [7, 11) is 0. The molecule has 1 aliphatic carbocycles. The van der Waals surface area contributed by atoms with Crippen molar-refractivity contribution in [1.82, 2.24) is 10.2 Å². The fraction of sp³-hybridized carbons (Fsp3) is 0.412. The third-order valence-corrected chi connectivity index (χ3v) is 3.87. The molecule has 1 aromatic heterocycles. The van der Waals surface area contributed by atoms with Gasteiger partial charge in [0.1, 0.15) is 17.3 Å². The number of H-pyrrole nitrogens is 1. The summed E-state index contributed by atoms with van der Waals surface area (Å²) < 4.78 is 83.4. The van der Waals surface area contributed by atoms with E-state index in [-0.39, 0.29) is 11.6 Å². The van der Waals surface area contributed by atoms with Crippen molar-refractivity contribution in [3.63, 3.8) is 0 Å². The first-order chi connectivity index (χ1) is 14.0. The van der Waals surface area contributed by atoms with Crippen LogP contribution in [0.15, 0.2) is 24.4 Å². The van der Waals surface area contributed by atoms with Gasteiger partial charge in [0.25, 0.3) is 0 Å². The van der Waals surface area contributed by atoms with Crippen molar-refractivity contribution < 1.29 is 40.6 Å². The Labute approximate surface area is 165 Å². The molecule has 0 atom stereocenters. The summed E-state index contributed by atoms with van der Waals surface area (Å²) in [6.07, 6.45) is -5.84. The van der Waals surface area contributed by atoms with E-state index in [1.54, 1.807) is 6.20 Å². The lowest BCUT2D eigenvalue weighted by Gasteiger charge is -2.15. The number of aromatic nitrogens is 2. The predicted molar refractivity (Wildman–Crippen MR) is 92.7 cm³/mol. The number of anilines is 2. The molecule has 0 bridgehead atoms. The van der Waals surface area contributed by atoms with Crippen molar-refractivity contribution in [3.05, 3.63) is 30.0 Å². The number of rotatable bonds is 7. The number of benzene rings is 1. The quantitative estimate of drug-likeness (QED) is 0.542. The molecule has 7 nitrogen and oxygen atoms in total. The number of hydrogen-bond donors (Lipinski definition) is 3. The summed E-state index contributed by atoms with van der Waals surface area (Å²) in [4.78, 5) is 12.2. The van der Waals surface area contributed by atoms with Crippen LogP contribution < -0.4 is 20.1 Å². The fourth-order valence-corrected chi connectivity index (χ4v) is 2.52. The lowest BCUT2D eigenvalue weighted by molar-refractivity contribution is -0.153. The normalized spacial score (nSPS) is 14.3. The van der Waals surface area contributed by atoms with Gasteiger partial charge in [0.05, 0.1) is 6.20 Å². The maximum Gasteiger partial charge on any atom is 0.422 e. The van der Waals surface area contributed by atoms with E-state index in [0.717, 1.165) is 36.6 Å². The van der Waals surface area contributed by atoms with E-state index < -0.39 is 43.1 Å². The number of hydrogen-bond acceptors (Lipinski definition) is 4. The van der Waals surface area contributed by atoms with Gasteiger partial charge in [0.2, 0.25) is 0 Å². The molecule has 0 saturated heterocycles. The monoisotopic (exact) mass is 438 g/mol. The zero-order valence-corrected chi connectivity index (χ0v) is 15.2. The van der Waals surface area contributed by atoms with E-state index >= 15 is 0 Å². The van der Waals surface area contributed by atoms with Gasteiger partial charge in [-0.15, -0.1) is 0 Å². The van der Waals surface area contributed by atoms with Crippen LogP contribution in [0.1, 0.15) is 24.3 Å². The maximum absolute atomic E-state index is 12.4. The summed E-state index contributed by atoms with van der Waals surface area (Å²) in [6, 6.07) is 2.14. The Hall–Kier alpha value is -3.12. The summed E-state index contributed by atoms with van der Waals surface area (Å²) in [6.45, 7) is -3.33. The van der Waals surface area contributed by atoms with Crippen molar-refractivity contribution in [2.45, 2.75) is 31.1 Å². The zero-order chi connectivity index (χ0) is 21.9. The summed E-state index contributed by atoms with van der Waals surface area (Å²) in [5.41, 5.74) is 0.679. The molecule has 1 heterocycles. The molecule has 2 amide bonds. The van der Waals surface area contributed by atoms with Crippen molar-refractivity contribution in [2.75, 3.05) is 23.8 Å². The number of carbonyl (C=O) groups excluding carboxylic acids is 1. The molecule has 164 valence electrons. The summed E-state index contributed by atoms with van der Waals surface area (Å²) in [5, 5.41) is 11.3. The Morgan fingerprint density at radius 2 is 1.57 bits per heavy atom. The minimum absolute atomic E-state index is 0.128. The molecular weight excluding hydrogens is 422 g/mol. The zero-order valence-electron chi connectivity index (χ0n) is 15.2. The fourth-order valence-electron chi connectivity index (χ4n) is 2.52. The third-order valence-electron chi connectivity index (χ3n) is 3.87. The van der Waals surface area contributed by atoms with E-state index in [0.29, 0.717) is 5.82 Å². The van der Waals surface area contributed by atoms with E-state index in [9.17, 15) is 31.1 Å². The SMILES string of the molecule is O=C(Nc1cc(OCC(F)(F)F)cc(OCC(F)(F)F)c1)Nc1[nH]ncc1C1CC1. The lowest BCUT2D eigenvalue weighted by atomic mass is 10.2. The van der Waals surface area contributed by atoms with Crippen LogP contribution in [0.3, 0.4) is 0 Å². The van der Waals surface area contributed by atoms with Crippen molar-refractivity contribution in [1.29, 1.82) is 0 Å². The van der Waals surface area contributed by atoms with Gasteiger partial charge >= 0.3 is 18.4 Å². The molecule has 1 saturated carbocycles. The highest BCUT2D eigenvalue weighted by Crippen LogP contribution is 2.42. The second-order valence-corrected chi connectivity index (χ2v) is 6.55. The van der Waals surface area contributed by atoms with Crippen molar-refractivity contribution in [3.8, 4) is 11.5 Å². The molecule has 13 heteroatoms. The van der Waals surface area contributed by atoms with Gasteiger partial charge in [-0.25, -0.2) is 4.79 Å². The highest BCUT2D eigenvalue weighted by molar-refractivity contribution is 5.99. The number of aromatic amines is 1. The first-order valence-electron chi connectivity index (χ1n) is 8.64. The number of urea groups is 1. The van der Waals surface area contributed by atoms with Gasteiger partial charge in [-0.05, 0) is 18.8 Å². The van der Waals surface area contributed by atoms with Crippen LogP contribution in [0.4, 0.5) is 42.6 Å². The summed E-state index contributed by atoms with van der Waals surface area (Å²) in [5.74, 6) is -0.224. The number of carbonyl (C=O) groups is 1. The lowest BCUT2D eigenvalue weighted by Crippen LogP contribution is -2.22. The number of nitrogens with zero attached hydrogens (tertiary/aromatic N) is 1. The molecule has 3 rings (SSSR count). The van der Waals surface area contributed by atoms with Crippen LogP contribution in [0.5, 0.6) is 11.5 Å². The molecule has 30 heavy (non-hydrogen) atoms. The van der Waals surface area contributed by atoms with Crippen LogP contribution in [-0.2, 0) is 0 Å². The second kappa shape index (κ2) is 8.32. The van der Waals surface area contributed by atoms with Crippen LogP contribution in [0.2, 0.25) is 0 Å². The summed E-state index contributed by atoms with van der Waals surface area (Å²) >= 11 is 0. The van der Waals surface area contributed by atoms with Gasteiger partial charge < -0.3 is 14.8 Å². The van der Waals surface area contributed by atoms with E-state index in [1.165, 1.54) is 0 Å². The minimum atomic E-state index is -4.66. The van der Waals surface area contributed by atoms with Gasteiger partial charge in [0, 0.05) is 29.4 Å². The number of halogens is 6. The Balaban J connectivity index is 1.71. The molecular formula is C17H16F6N4O3. The second-order valence-electron chi connectivity index (χ2n) is 6.55. The molecule has 0 radical (unpaired) electrons. The van der Waals surface area contributed by atoms with Gasteiger partial charge in [-0.3, -0.25) is 10.4 Å². The molecule has 0 spiro atoms. The maximum atomic E-state index is 12.4. The number of ether oxygens (including phenoxy) is 2. The number of alkyl halides is 6. The number of nitrogens with one attached hydrogen (secondary N) is 3. The molecule has 1 aliphatic rings. The molecule has 2 aromatic rings. The van der Waals surface area contributed by atoms with Gasteiger partial charge in [0.15, 0.2) is 13.2 Å². The predicted octanol–water partition coefficient (Wildman–Crippen LogP) is 4.81. The molecule has 1 aromatic carbocycles. The smallest absolute Gasteiger partial charge is 0.422 e. The molecule has 0 unspecified atom stereocenters. The minimum Gasteiger partial charge on any atom is -0.484 e. The highest BCUT2D eigenvalue weighted by atomic mass is 19.4. The highest BCUT2D eigenvalue weighted by Gasteiger charge is 2.30. The van der Waals surface area contributed by atoms with Gasteiger partial charge in [-0.1, -0.05) is 0 Å². The average Bonchev–Trinajstić information content (AvgIpc) is 3.36. The Kier molecular flexibility index (Phi) is 5.99. The largest absolute Gasteiger partial charge is 0.484 e. The van der Waals surface area contributed by atoms with E-state index in [2.05, 4.69) is 30.3 Å². The first-order valence-corrected chi connectivity index (χ1v) is 8.64. The van der Waals surface area contributed by atoms with Crippen molar-refractivity contribution in [2.24, 2.45) is 0 Å². The van der Waals surface area contributed by atoms with Crippen LogP contribution in [-0.4, -0.2) is 41.8 Å². The topological polar surface area (TPSA) is 88.3 Å². The van der Waals surface area contributed by atoms with Crippen LogP contribution in [0.25, 0.3) is 0 Å². The Bertz CT molecular complexity index is 856. The van der Waals surface area contributed by atoms with Crippen molar-refractivity contribution >= 4 is 17.5 Å². The molecule has 3 N–H and O–H groups in total. The van der Waals surface area contributed by atoms with Gasteiger partial charge in [-0.2, -0.15) is 31.4 Å². The van der Waals surface area contributed by atoms with E-state index in [1.807, 2.05) is 0 Å². The van der Waals surface area contributed by atoms with Crippen LogP contribution in [0, 0.1) is 0 Å². The third kappa shape index (κ3) is 6.74. The Morgan fingerprint density at radius 3 is 2.07 bits per heavy atom. The van der Waals surface area contributed by atoms with Crippen LogP contribution >= 0.6 is 0 Å². The molecule has 1 fully saturated rings. The standard InChI is InChI=1S/C17H16F6N4O3/c18-16(19,20)7-29-11-3-10(4-12(5-11)30-8-17(21,22)23)25-15(28)26-14-13(6-24-27-14)9-1-2-9/h3-6,9H,1-2,7-8H2,(H3,24,25,26,27,28). The first kappa shape index (κ1) is 21.6. The van der Waals surface area contributed by atoms with E-state index in [4.69, 9.17) is 0 Å². The molecule has 0 aliphatic heterocycles.